The van der Waals surface area contributed by atoms with Gasteiger partial charge in [-0.1, -0.05) is 37.5 Å². The van der Waals surface area contributed by atoms with Gasteiger partial charge in [0.05, 0.1) is 6.61 Å². The quantitative estimate of drug-likeness (QED) is 0.687. The van der Waals surface area contributed by atoms with Gasteiger partial charge in [-0.3, -0.25) is 4.79 Å². The van der Waals surface area contributed by atoms with E-state index in [2.05, 4.69) is 12.1 Å². The van der Waals surface area contributed by atoms with Gasteiger partial charge in [0, 0.05) is 25.9 Å². The molecule has 30 heavy (non-hydrogen) atoms. The van der Waals surface area contributed by atoms with Crippen LogP contribution in [-0.4, -0.2) is 24.2 Å². The zero-order valence-electron chi connectivity index (χ0n) is 17.4. The van der Waals surface area contributed by atoms with E-state index in [0.29, 0.717) is 25.4 Å². The number of nitrogens with zero attached hydrogens (tertiary/aromatic N) is 1. The van der Waals surface area contributed by atoms with Gasteiger partial charge in [-0.05, 0) is 53.6 Å². The first-order chi connectivity index (χ1) is 14.7. The number of rotatable bonds is 6. The fraction of sp³-hybridized carbons (Fsp3) is 0.480. The molecular weight excluding hydrogens is 378 g/mol. The van der Waals surface area contributed by atoms with Crippen LogP contribution >= 0.6 is 0 Å². The minimum atomic E-state index is 0.247. The Kier molecular flexibility index (Phi) is 5.52. The largest absolute Gasteiger partial charge is 0.493 e. The maximum Gasteiger partial charge on any atom is 0.231 e. The van der Waals surface area contributed by atoms with E-state index in [1.807, 2.05) is 29.2 Å². The van der Waals surface area contributed by atoms with Crippen molar-refractivity contribution < 1.29 is 19.0 Å². The molecule has 3 aliphatic rings. The maximum atomic E-state index is 13.3. The summed E-state index contributed by atoms with van der Waals surface area (Å²) in [4.78, 5) is 15.3. The van der Waals surface area contributed by atoms with Crippen molar-refractivity contribution in [3.05, 3.63) is 53.1 Å². The molecule has 0 radical (unpaired) electrons. The first-order valence-electron chi connectivity index (χ1n) is 11.2. The van der Waals surface area contributed by atoms with Crippen LogP contribution in [-0.2, 0) is 24.3 Å². The van der Waals surface area contributed by atoms with Gasteiger partial charge >= 0.3 is 0 Å². The summed E-state index contributed by atoms with van der Waals surface area (Å²) in [6.45, 7) is 2.21. The van der Waals surface area contributed by atoms with Crippen molar-refractivity contribution in [3.8, 4) is 17.2 Å². The predicted molar refractivity (Wildman–Crippen MR) is 114 cm³/mol. The standard InChI is InChI=1S/C25H29NO4/c27-25(14-18-4-2-1-3-5-18)26(15-19-6-8-22-21(12-19)10-11-28-22)16-20-7-9-23-24(13-20)30-17-29-23/h6-9,12-13,18H,1-5,10-11,14-17H2. The second kappa shape index (κ2) is 8.58. The summed E-state index contributed by atoms with van der Waals surface area (Å²) in [5.41, 5.74) is 3.48. The summed E-state index contributed by atoms with van der Waals surface area (Å²) < 4.78 is 16.6. The van der Waals surface area contributed by atoms with E-state index in [-0.39, 0.29) is 12.7 Å². The van der Waals surface area contributed by atoms with E-state index in [1.54, 1.807) is 0 Å². The van der Waals surface area contributed by atoms with Crippen LogP contribution in [0.15, 0.2) is 36.4 Å². The zero-order valence-corrected chi connectivity index (χ0v) is 17.4. The monoisotopic (exact) mass is 407 g/mol. The van der Waals surface area contributed by atoms with Crippen LogP contribution < -0.4 is 14.2 Å². The summed E-state index contributed by atoms with van der Waals surface area (Å²) in [5, 5.41) is 0. The molecule has 2 heterocycles. The molecule has 0 unspecified atom stereocenters. The van der Waals surface area contributed by atoms with Crippen molar-refractivity contribution in [2.75, 3.05) is 13.4 Å². The Morgan fingerprint density at radius 2 is 1.60 bits per heavy atom. The topological polar surface area (TPSA) is 48.0 Å². The van der Waals surface area contributed by atoms with Crippen LogP contribution in [0.2, 0.25) is 0 Å². The summed E-state index contributed by atoms with van der Waals surface area (Å²) in [6, 6.07) is 12.3. The summed E-state index contributed by atoms with van der Waals surface area (Å²) in [5.74, 6) is 3.30. The van der Waals surface area contributed by atoms with E-state index >= 15 is 0 Å². The molecule has 0 atom stereocenters. The Morgan fingerprint density at radius 3 is 2.43 bits per heavy atom. The highest BCUT2D eigenvalue weighted by Gasteiger charge is 2.23. The molecule has 0 spiro atoms. The molecule has 2 aliphatic heterocycles. The van der Waals surface area contributed by atoms with Crippen molar-refractivity contribution in [1.29, 1.82) is 0 Å². The molecule has 1 saturated carbocycles. The number of ether oxygens (including phenoxy) is 3. The van der Waals surface area contributed by atoms with E-state index in [4.69, 9.17) is 14.2 Å². The number of fused-ring (bicyclic) bond motifs is 2. The zero-order chi connectivity index (χ0) is 20.3. The van der Waals surface area contributed by atoms with Crippen molar-refractivity contribution in [3.63, 3.8) is 0 Å². The summed E-state index contributed by atoms with van der Waals surface area (Å²) in [6.07, 6.45) is 7.78. The molecule has 2 aromatic carbocycles. The first-order valence-corrected chi connectivity index (χ1v) is 11.2. The van der Waals surface area contributed by atoms with E-state index < -0.39 is 0 Å². The molecule has 0 bridgehead atoms. The molecule has 1 aliphatic carbocycles. The predicted octanol–water partition coefficient (Wildman–Crippen LogP) is 4.85. The van der Waals surface area contributed by atoms with Gasteiger partial charge in [0.15, 0.2) is 11.5 Å². The lowest BCUT2D eigenvalue weighted by atomic mass is 9.86. The van der Waals surface area contributed by atoms with Crippen molar-refractivity contribution in [1.82, 2.24) is 4.90 Å². The number of benzene rings is 2. The summed E-state index contributed by atoms with van der Waals surface area (Å²) in [7, 11) is 0. The summed E-state index contributed by atoms with van der Waals surface area (Å²) >= 11 is 0. The minimum Gasteiger partial charge on any atom is -0.493 e. The molecule has 1 amide bonds. The van der Waals surface area contributed by atoms with Gasteiger partial charge in [-0.15, -0.1) is 0 Å². The van der Waals surface area contributed by atoms with Gasteiger partial charge in [0.1, 0.15) is 5.75 Å². The Morgan fingerprint density at radius 1 is 0.867 bits per heavy atom. The molecule has 0 aromatic heterocycles. The molecule has 5 nitrogen and oxygen atoms in total. The molecule has 0 saturated heterocycles. The molecule has 5 rings (SSSR count). The molecule has 5 heteroatoms. The minimum absolute atomic E-state index is 0.247. The second-order valence-corrected chi connectivity index (χ2v) is 8.69. The highest BCUT2D eigenvalue weighted by Crippen LogP contribution is 2.34. The van der Waals surface area contributed by atoms with Crippen molar-refractivity contribution >= 4 is 5.91 Å². The lowest BCUT2D eigenvalue weighted by molar-refractivity contribution is -0.133. The first kappa shape index (κ1) is 19.3. The Hall–Kier alpha value is -2.69. The van der Waals surface area contributed by atoms with Crippen LogP contribution in [0, 0.1) is 5.92 Å². The third kappa shape index (κ3) is 4.25. The van der Waals surface area contributed by atoms with Gasteiger partial charge < -0.3 is 19.1 Å². The highest BCUT2D eigenvalue weighted by molar-refractivity contribution is 5.76. The third-order valence-corrected chi connectivity index (χ3v) is 6.48. The van der Waals surface area contributed by atoms with Gasteiger partial charge in [-0.2, -0.15) is 0 Å². The van der Waals surface area contributed by atoms with Gasteiger partial charge in [-0.25, -0.2) is 0 Å². The Bertz CT molecular complexity index is 860. The average Bonchev–Trinajstić information content (AvgIpc) is 3.42. The Labute approximate surface area is 177 Å². The number of hydrogen-bond acceptors (Lipinski definition) is 4. The van der Waals surface area contributed by atoms with E-state index in [9.17, 15) is 4.79 Å². The van der Waals surface area contributed by atoms with Crippen molar-refractivity contribution in [2.24, 2.45) is 5.92 Å². The molecular formula is C25H29NO4. The number of amides is 1. The van der Waals surface area contributed by atoms with Crippen LogP contribution in [0.3, 0.4) is 0 Å². The molecule has 158 valence electrons. The van der Waals surface area contributed by atoms with Gasteiger partial charge in [0.25, 0.3) is 0 Å². The normalized spacial score (nSPS) is 17.5. The van der Waals surface area contributed by atoms with Crippen molar-refractivity contribution in [2.45, 2.75) is 58.0 Å². The van der Waals surface area contributed by atoms with Crippen LogP contribution in [0.5, 0.6) is 17.2 Å². The Balaban J connectivity index is 1.34. The fourth-order valence-corrected chi connectivity index (χ4v) is 4.82. The fourth-order valence-electron chi connectivity index (χ4n) is 4.82. The molecule has 2 aromatic rings. The SMILES string of the molecule is O=C(CC1CCCCC1)N(Cc1ccc2c(c1)CCO2)Cc1ccc2c(c1)OCO2. The maximum absolute atomic E-state index is 13.3. The van der Waals surface area contributed by atoms with E-state index in [0.717, 1.165) is 41.4 Å². The second-order valence-electron chi connectivity index (χ2n) is 8.69. The van der Waals surface area contributed by atoms with E-state index in [1.165, 1.54) is 37.7 Å². The van der Waals surface area contributed by atoms with Crippen LogP contribution in [0.25, 0.3) is 0 Å². The molecule has 0 N–H and O–H groups in total. The lowest BCUT2D eigenvalue weighted by Crippen LogP contribution is -2.32. The van der Waals surface area contributed by atoms with Crippen LogP contribution in [0.1, 0.15) is 55.2 Å². The molecule has 1 fully saturated rings. The number of carbonyl (C=O) groups excluding carboxylic acids is 1. The average molecular weight is 408 g/mol. The highest BCUT2D eigenvalue weighted by atomic mass is 16.7. The number of carbonyl (C=O) groups is 1. The third-order valence-electron chi connectivity index (χ3n) is 6.48. The smallest absolute Gasteiger partial charge is 0.231 e. The van der Waals surface area contributed by atoms with Gasteiger partial charge in [0.2, 0.25) is 12.7 Å². The lowest BCUT2D eigenvalue weighted by Gasteiger charge is -2.27. The number of hydrogen-bond donors (Lipinski definition) is 0. The van der Waals surface area contributed by atoms with Crippen LogP contribution in [0.4, 0.5) is 0 Å².